The molecule has 0 aliphatic carbocycles. The van der Waals surface area contributed by atoms with Crippen LogP contribution < -0.4 is 5.32 Å². The van der Waals surface area contributed by atoms with Crippen LogP contribution in [0, 0.1) is 29.5 Å². The van der Waals surface area contributed by atoms with Gasteiger partial charge in [-0.2, -0.15) is 5.26 Å². The number of aromatic nitrogens is 4. The summed E-state index contributed by atoms with van der Waals surface area (Å²) in [5.41, 5.74) is -1.71. The van der Waals surface area contributed by atoms with E-state index in [9.17, 15) is 10.1 Å². The second-order valence-corrected chi connectivity index (χ2v) is 12.0. The van der Waals surface area contributed by atoms with Crippen LogP contribution in [0.3, 0.4) is 0 Å². The van der Waals surface area contributed by atoms with E-state index in [-0.39, 0.29) is 39.3 Å². The van der Waals surface area contributed by atoms with Crippen molar-refractivity contribution in [3.05, 3.63) is 112 Å². The zero-order chi connectivity index (χ0) is 31.3. The fraction of sp³-hybridized carbons (Fsp3) is 0.242. The summed E-state index contributed by atoms with van der Waals surface area (Å²) in [7, 11) is 0. The molecule has 1 aliphatic heterocycles. The number of ether oxygens (including phenoxy) is 1. The molecule has 1 unspecified atom stereocenters. The number of amides is 1. The SMILES string of the molecule is C#Cc1nc2c(F)cc(Cl)cc2c(C2(c3cc[nH]c3)N(C(=O)OC(C)(C)C)CCNC2(c2cc[nH]c2)c2cc[nH]c2)c1C#N. The third kappa shape index (κ3) is 4.18. The summed E-state index contributed by atoms with van der Waals surface area (Å²) in [6, 6.07) is 10.6. The number of rotatable bonds is 4. The molecular weight excluding hydrogens is 581 g/mol. The third-order valence-electron chi connectivity index (χ3n) is 7.98. The van der Waals surface area contributed by atoms with E-state index in [1.54, 1.807) is 56.5 Å². The van der Waals surface area contributed by atoms with E-state index < -0.39 is 28.6 Å². The maximum Gasteiger partial charge on any atom is 0.411 e. The molecule has 0 bridgehead atoms. The van der Waals surface area contributed by atoms with E-state index in [4.69, 9.17) is 22.8 Å². The second kappa shape index (κ2) is 10.6. The van der Waals surface area contributed by atoms with Gasteiger partial charge in [0, 0.05) is 71.8 Å². The van der Waals surface area contributed by atoms with Gasteiger partial charge in [0.25, 0.3) is 0 Å². The van der Waals surface area contributed by atoms with Gasteiger partial charge >= 0.3 is 6.09 Å². The number of hydrogen-bond acceptors (Lipinski definition) is 5. The summed E-state index contributed by atoms with van der Waals surface area (Å²) >= 11 is 6.50. The zero-order valence-corrected chi connectivity index (χ0v) is 25.0. The van der Waals surface area contributed by atoms with Crippen molar-refractivity contribution in [3.8, 4) is 18.4 Å². The first kappa shape index (κ1) is 29.1. The number of pyridine rings is 1. The molecule has 1 saturated heterocycles. The Balaban J connectivity index is 1.93. The monoisotopic (exact) mass is 609 g/mol. The van der Waals surface area contributed by atoms with E-state index in [2.05, 4.69) is 37.2 Å². The van der Waals surface area contributed by atoms with Crippen LogP contribution in [0.4, 0.5) is 9.18 Å². The standard InChI is InChI=1S/C33H29ClFN7O2/c1-5-27-25(16-36)28(24-14-23(34)15-26(35)29(24)41-27)33(22-8-11-39-19-22)32(20-6-9-37-17-20,21-7-10-38-18-21)40-12-13-42(33)30(43)44-31(2,3)4/h1,6-11,14-15,17-19,37-40H,12-13H2,2-4H3. The van der Waals surface area contributed by atoms with Crippen LogP contribution in [0.15, 0.2) is 67.5 Å². The van der Waals surface area contributed by atoms with E-state index in [0.717, 1.165) is 17.2 Å². The Morgan fingerprint density at radius 3 is 2.23 bits per heavy atom. The van der Waals surface area contributed by atoms with Crippen LogP contribution in [0.25, 0.3) is 10.9 Å². The van der Waals surface area contributed by atoms with Crippen LogP contribution in [0.5, 0.6) is 0 Å². The predicted octanol–water partition coefficient (Wildman–Crippen LogP) is 5.89. The maximum atomic E-state index is 15.8. The van der Waals surface area contributed by atoms with Crippen molar-refractivity contribution in [1.82, 2.24) is 30.2 Å². The number of nitrogens with zero attached hydrogens (tertiary/aromatic N) is 3. The van der Waals surface area contributed by atoms with E-state index in [0.29, 0.717) is 12.1 Å². The fourth-order valence-electron chi connectivity index (χ4n) is 6.57. The number of halogens is 2. The summed E-state index contributed by atoms with van der Waals surface area (Å²) in [6.07, 6.45) is 16.0. The molecule has 5 aromatic rings. The van der Waals surface area contributed by atoms with Crippen LogP contribution >= 0.6 is 11.6 Å². The number of hydrogen-bond donors (Lipinski definition) is 4. The van der Waals surface area contributed by atoms with Crippen molar-refractivity contribution in [2.24, 2.45) is 0 Å². The molecule has 0 spiro atoms. The Kier molecular flexibility index (Phi) is 7.00. The van der Waals surface area contributed by atoms with Gasteiger partial charge < -0.3 is 19.7 Å². The number of carbonyl (C=O) groups excluding carboxylic acids is 1. The molecule has 4 N–H and O–H groups in total. The van der Waals surface area contributed by atoms with Gasteiger partial charge in [-0.1, -0.05) is 11.6 Å². The fourth-order valence-corrected chi connectivity index (χ4v) is 6.77. The summed E-state index contributed by atoms with van der Waals surface area (Å²) < 4.78 is 21.9. The van der Waals surface area contributed by atoms with E-state index in [1.165, 1.54) is 0 Å². The largest absolute Gasteiger partial charge is 0.444 e. The van der Waals surface area contributed by atoms with Crippen molar-refractivity contribution in [2.45, 2.75) is 37.5 Å². The number of fused-ring (bicyclic) bond motifs is 1. The number of aromatic amines is 3. The molecule has 6 rings (SSSR count). The van der Waals surface area contributed by atoms with Crippen molar-refractivity contribution >= 4 is 28.6 Å². The van der Waals surface area contributed by atoms with E-state index in [1.807, 2.05) is 30.6 Å². The second-order valence-electron chi connectivity index (χ2n) is 11.6. The summed E-state index contributed by atoms with van der Waals surface area (Å²) in [6.45, 7) is 5.84. The molecule has 44 heavy (non-hydrogen) atoms. The van der Waals surface area contributed by atoms with Crippen molar-refractivity contribution < 1.29 is 13.9 Å². The Bertz CT molecular complexity index is 1900. The Morgan fingerprint density at radius 1 is 1.09 bits per heavy atom. The lowest BCUT2D eigenvalue weighted by Gasteiger charge is -2.59. The van der Waals surface area contributed by atoms with Gasteiger partial charge in [-0.15, -0.1) is 6.42 Å². The Labute approximate surface area is 258 Å². The summed E-state index contributed by atoms with van der Waals surface area (Å²) in [5.74, 6) is 1.77. The minimum absolute atomic E-state index is 0.00410. The first-order valence-electron chi connectivity index (χ1n) is 13.9. The van der Waals surface area contributed by atoms with Gasteiger partial charge in [0.15, 0.2) is 5.82 Å². The number of H-pyrrole nitrogens is 3. The number of nitriles is 1. The average Bonchev–Trinajstić information content (AvgIpc) is 3.79. The first-order valence-corrected chi connectivity index (χ1v) is 14.3. The molecule has 4 aromatic heterocycles. The van der Waals surface area contributed by atoms with Crippen LogP contribution in [0.2, 0.25) is 5.02 Å². The molecule has 9 nitrogen and oxygen atoms in total. The molecule has 1 aromatic carbocycles. The molecule has 5 heterocycles. The first-order chi connectivity index (χ1) is 21.1. The Morgan fingerprint density at radius 2 is 1.70 bits per heavy atom. The van der Waals surface area contributed by atoms with Crippen molar-refractivity contribution in [3.63, 3.8) is 0 Å². The number of nitrogens with one attached hydrogen (secondary N) is 4. The zero-order valence-electron chi connectivity index (χ0n) is 24.3. The number of carbonyl (C=O) groups is 1. The van der Waals surface area contributed by atoms with Gasteiger partial charge in [0.05, 0.1) is 5.56 Å². The van der Waals surface area contributed by atoms with Crippen molar-refractivity contribution in [2.75, 3.05) is 13.1 Å². The van der Waals surface area contributed by atoms with Gasteiger partial charge in [0.2, 0.25) is 0 Å². The molecule has 1 aliphatic rings. The lowest BCUT2D eigenvalue weighted by molar-refractivity contribution is -0.0314. The smallest absolute Gasteiger partial charge is 0.411 e. The topological polar surface area (TPSA) is 126 Å². The van der Waals surface area contributed by atoms with Gasteiger partial charge in [-0.25, -0.2) is 14.2 Å². The predicted molar refractivity (Wildman–Crippen MR) is 164 cm³/mol. The third-order valence-corrected chi connectivity index (χ3v) is 8.20. The maximum absolute atomic E-state index is 15.8. The van der Waals surface area contributed by atoms with Crippen LogP contribution in [-0.2, 0) is 15.8 Å². The lowest BCUT2D eigenvalue weighted by Crippen LogP contribution is -2.73. The molecule has 1 fully saturated rings. The highest BCUT2D eigenvalue weighted by molar-refractivity contribution is 6.31. The molecule has 1 amide bonds. The highest BCUT2D eigenvalue weighted by Crippen LogP contribution is 2.57. The number of terminal acetylenes is 1. The quantitative estimate of drug-likeness (QED) is 0.189. The normalized spacial score (nSPS) is 18.1. The minimum Gasteiger partial charge on any atom is -0.444 e. The van der Waals surface area contributed by atoms with Crippen LogP contribution in [-0.4, -0.2) is 49.6 Å². The highest BCUT2D eigenvalue weighted by Gasteiger charge is 2.65. The number of benzene rings is 1. The molecule has 0 radical (unpaired) electrons. The van der Waals surface area contributed by atoms with Gasteiger partial charge in [0.1, 0.15) is 34.0 Å². The molecule has 0 saturated carbocycles. The Hall–Kier alpha value is -5.03. The van der Waals surface area contributed by atoms with Gasteiger partial charge in [-0.05, 0) is 68.2 Å². The summed E-state index contributed by atoms with van der Waals surface area (Å²) in [4.78, 5) is 30.0. The molecular formula is C33H29ClFN7O2. The van der Waals surface area contributed by atoms with Crippen LogP contribution in [0.1, 0.15) is 54.3 Å². The highest BCUT2D eigenvalue weighted by atomic mass is 35.5. The molecule has 222 valence electrons. The molecule has 11 heteroatoms. The lowest BCUT2D eigenvalue weighted by atomic mass is 9.59. The minimum atomic E-state index is -1.65. The molecule has 1 atom stereocenters. The average molecular weight is 610 g/mol. The van der Waals surface area contributed by atoms with E-state index >= 15 is 4.39 Å². The van der Waals surface area contributed by atoms with Crippen molar-refractivity contribution in [1.29, 1.82) is 5.26 Å². The number of piperazine rings is 1. The van der Waals surface area contributed by atoms with Gasteiger partial charge in [-0.3, -0.25) is 10.2 Å². The summed E-state index contributed by atoms with van der Waals surface area (Å²) in [5, 5.41) is 14.9.